The standard InChI is InChI=1S/C16H28N14O5/c17-3-1-2-4-22-10-12(31)7(24-28-19)5-8(25-29-20)15(10)35-16-11(26-30-21)14(33)13(32)9(34-16)6-23-27-18/h7-16,22,31-33H,1-6,17H2/t7-,8?,9?,10-,11?,12?,13-,14+,15-,16+/m1/s1. The van der Waals surface area contributed by atoms with E-state index in [2.05, 4.69) is 45.4 Å². The number of nitrogens with two attached hydrogens (primary N) is 1. The number of azide groups is 4. The van der Waals surface area contributed by atoms with Gasteiger partial charge in [-0.1, -0.05) is 20.5 Å². The van der Waals surface area contributed by atoms with E-state index in [4.69, 9.17) is 37.3 Å². The fourth-order valence-electron chi connectivity index (χ4n) is 4.14. The molecular weight excluding hydrogens is 468 g/mol. The zero-order valence-electron chi connectivity index (χ0n) is 18.6. The lowest BCUT2D eigenvalue weighted by molar-refractivity contribution is -0.279. The number of aliphatic hydroxyl groups is 3. The molecule has 1 saturated carbocycles. The Hall–Kier alpha value is -3.04. The van der Waals surface area contributed by atoms with Crippen molar-refractivity contribution in [2.75, 3.05) is 19.6 Å². The quantitative estimate of drug-likeness (QED) is 0.111. The molecule has 6 N–H and O–H groups in total. The predicted octanol–water partition coefficient (Wildman–Crippen LogP) is 0.627. The van der Waals surface area contributed by atoms with Gasteiger partial charge in [0.25, 0.3) is 0 Å². The number of hydrogen-bond acceptors (Lipinski definition) is 11. The zero-order chi connectivity index (χ0) is 25.8. The smallest absolute Gasteiger partial charge is 0.169 e. The van der Waals surface area contributed by atoms with E-state index in [1.54, 1.807) is 0 Å². The summed E-state index contributed by atoms with van der Waals surface area (Å²) in [6.07, 6.45) is -6.93. The van der Waals surface area contributed by atoms with E-state index in [1.165, 1.54) is 0 Å². The van der Waals surface area contributed by atoms with Crippen molar-refractivity contribution in [3.05, 3.63) is 41.8 Å². The third-order valence-electron chi connectivity index (χ3n) is 5.86. The Morgan fingerprint density at radius 2 is 1.60 bits per heavy atom. The highest BCUT2D eigenvalue weighted by Crippen LogP contribution is 2.33. The lowest BCUT2D eigenvalue weighted by Crippen LogP contribution is -2.65. The maximum absolute atomic E-state index is 10.9. The van der Waals surface area contributed by atoms with E-state index in [0.717, 1.165) is 0 Å². The Balaban J connectivity index is 2.40. The van der Waals surface area contributed by atoms with Gasteiger partial charge in [-0.05, 0) is 54.5 Å². The molecule has 2 aliphatic rings. The molecule has 0 aromatic heterocycles. The fraction of sp³-hybridized carbons (Fsp3) is 1.00. The van der Waals surface area contributed by atoms with Gasteiger partial charge in [0.15, 0.2) is 6.29 Å². The van der Waals surface area contributed by atoms with Crippen LogP contribution in [-0.2, 0) is 9.47 Å². The molecule has 0 aromatic rings. The van der Waals surface area contributed by atoms with Crippen LogP contribution in [0.1, 0.15) is 19.3 Å². The Morgan fingerprint density at radius 3 is 2.23 bits per heavy atom. The summed E-state index contributed by atoms with van der Waals surface area (Å²) in [6.45, 7) is 0.481. The van der Waals surface area contributed by atoms with Gasteiger partial charge in [0, 0.05) is 19.6 Å². The van der Waals surface area contributed by atoms with Gasteiger partial charge in [-0.25, -0.2) is 0 Å². The van der Waals surface area contributed by atoms with Crippen LogP contribution < -0.4 is 11.1 Å². The summed E-state index contributed by atoms with van der Waals surface area (Å²) in [5.74, 6) is 0. The van der Waals surface area contributed by atoms with Crippen LogP contribution >= 0.6 is 0 Å². The van der Waals surface area contributed by atoms with E-state index in [1.807, 2.05) is 0 Å². The third kappa shape index (κ3) is 7.22. The summed E-state index contributed by atoms with van der Waals surface area (Å²) in [7, 11) is 0. The van der Waals surface area contributed by atoms with Gasteiger partial charge < -0.3 is 35.8 Å². The molecule has 19 heteroatoms. The van der Waals surface area contributed by atoms with Crippen LogP contribution in [0.15, 0.2) is 20.5 Å². The SMILES string of the molecule is [N-]=[N+]=NCC1O[C@@H](O[C@@H]2C(N=[N+]=[N-])C[C@@H](N=[N+]=[N-])C(O)[C@H]2NCCCCN)C(N=[N+]=[N-])[C@H](O)[C@@H]1O. The monoisotopic (exact) mass is 496 g/mol. The number of nitrogens with zero attached hydrogens (tertiary/aromatic N) is 12. The molecule has 1 aliphatic heterocycles. The van der Waals surface area contributed by atoms with Gasteiger partial charge >= 0.3 is 0 Å². The number of rotatable bonds is 12. The number of ether oxygens (including phenoxy) is 2. The highest BCUT2D eigenvalue weighted by molar-refractivity contribution is 5.05. The van der Waals surface area contributed by atoms with Crippen LogP contribution in [0.25, 0.3) is 41.8 Å². The third-order valence-corrected chi connectivity index (χ3v) is 5.86. The zero-order valence-corrected chi connectivity index (χ0v) is 18.6. The minimum atomic E-state index is -1.64. The second kappa shape index (κ2) is 14.4. The molecule has 1 aliphatic carbocycles. The largest absolute Gasteiger partial charge is 0.391 e. The normalized spacial score (nSPS) is 36.6. The summed E-state index contributed by atoms with van der Waals surface area (Å²) in [5, 5.41) is 49.0. The highest BCUT2D eigenvalue weighted by atomic mass is 16.7. The van der Waals surface area contributed by atoms with E-state index >= 15 is 0 Å². The van der Waals surface area contributed by atoms with Gasteiger partial charge in [0.1, 0.15) is 12.1 Å². The Kier molecular flexibility index (Phi) is 11.6. The van der Waals surface area contributed by atoms with Crippen LogP contribution in [0.4, 0.5) is 0 Å². The maximum atomic E-state index is 10.9. The first-order valence-electron chi connectivity index (χ1n) is 10.9. The molecule has 19 nitrogen and oxygen atoms in total. The fourth-order valence-corrected chi connectivity index (χ4v) is 4.14. The lowest BCUT2D eigenvalue weighted by Gasteiger charge is -2.47. The predicted molar refractivity (Wildman–Crippen MR) is 119 cm³/mol. The number of nitrogens with one attached hydrogen (secondary N) is 1. The van der Waals surface area contributed by atoms with Crippen LogP contribution in [0.3, 0.4) is 0 Å². The van der Waals surface area contributed by atoms with Crippen molar-refractivity contribution in [1.82, 2.24) is 5.32 Å². The lowest BCUT2D eigenvalue weighted by atomic mass is 9.82. The summed E-state index contributed by atoms with van der Waals surface area (Å²) in [6, 6.07) is -4.25. The van der Waals surface area contributed by atoms with Crippen molar-refractivity contribution in [3.8, 4) is 0 Å². The Morgan fingerprint density at radius 1 is 0.914 bits per heavy atom. The van der Waals surface area contributed by atoms with E-state index in [9.17, 15) is 15.3 Å². The molecule has 0 bridgehead atoms. The summed E-state index contributed by atoms with van der Waals surface area (Å²) >= 11 is 0. The van der Waals surface area contributed by atoms with E-state index in [0.29, 0.717) is 25.9 Å². The summed E-state index contributed by atoms with van der Waals surface area (Å²) in [5.41, 5.74) is 41.1. The van der Waals surface area contributed by atoms with Crippen molar-refractivity contribution in [2.45, 2.75) is 80.2 Å². The van der Waals surface area contributed by atoms with E-state index < -0.39 is 61.0 Å². The summed E-state index contributed by atoms with van der Waals surface area (Å²) in [4.78, 5) is 10.8. The van der Waals surface area contributed by atoms with Crippen LogP contribution in [0.2, 0.25) is 0 Å². The van der Waals surface area contributed by atoms with Crippen molar-refractivity contribution in [3.63, 3.8) is 0 Å². The van der Waals surface area contributed by atoms with E-state index in [-0.39, 0.29) is 13.0 Å². The van der Waals surface area contributed by atoms with Crippen LogP contribution in [-0.4, -0.2) is 95.9 Å². The van der Waals surface area contributed by atoms with Gasteiger partial charge in [0.05, 0.1) is 49.1 Å². The second-order valence-electron chi connectivity index (χ2n) is 7.98. The maximum Gasteiger partial charge on any atom is 0.169 e. The minimum absolute atomic E-state index is 0.0623. The Bertz CT molecular complexity index is 882. The average molecular weight is 496 g/mol. The number of unbranched alkanes of at least 4 members (excludes halogenated alkanes) is 1. The van der Waals surface area contributed by atoms with Gasteiger partial charge in [0.2, 0.25) is 0 Å². The molecule has 1 heterocycles. The molecule has 35 heavy (non-hydrogen) atoms. The molecule has 2 rings (SSSR count). The van der Waals surface area contributed by atoms with Crippen molar-refractivity contribution in [1.29, 1.82) is 0 Å². The van der Waals surface area contributed by atoms with Crippen molar-refractivity contribution >= 4 is 0 Å². The topological polar surface area (TPSA) is 312 Å². The molecular formula is C16H28N14O5. The average Bonchev–Trinajstić information content (AvgIpc) is 2.84. The van der Waals surface area contributed by atoms with Crippen molar-refractivity contribution in [2.24, 2.45) is 26.2 Å². The van der Waals surface area contributed by atoms with Crippen molar-refractivity contribution < 1.29 is 24.8 Å². The first-order chi connectivity index (χ1) is 16.9. The first-order valence-corrected chi connectivity index (χ1v) is 10.9. The van der Waals surface area contributed by atoms with Crippen LogP contribution in [0, 0.1) is 0 Å². The first kappa shape index (κ1) is 28.2. The highest BCUT2D eigenvalue weighted by Gasteiger charge is 2.50. The molecule has 1 saturated heterocycles. The van der Waals surface area contributed by atoms with Gasteiger partial charge in [-0.2, -0.15) is 0 Å². The molecule has 192 valence electrons. The Labute approximate surface area is 198 Å². The molecule has 10 atom stereocenters. The van der Waals surface area contributed by atoms with Gasteiger partial charge in [-0.15, -0.1) is 0 Å². The molecule has 0 aromatic carbocycles. The molecule has 0 spiro atoms. The number of hydrogen-bond donors (Lipinski definition) is 5. The molecule has 2 fully saturated rings. The molecule has 0 radical (unpaired) electrons. The minimum Gasteiger partial charge on any atom is -0.391 e. The number of aliphatic hydroxyl groups excluding tert-OH is 3. The van der Waals surface area contributed by atoms with Crippen LogP contribution in [0.5, 0.6) is 0 Å². The second-order valence-corrected chi connectivity index (χ2v) is 7.98. The summed E-state index contributed by atoms with van der Waals surface area (Å²) < 4.78 is 11.7. The molecule has 4 unspecified atom stereocenters. The molecule has 0 amide bonds. The van der Waals surface area contributed by atoms with Gasteiger partial charge in [-0.3, -0.25) is 0 Å².